The van der Waals surface area contributed by atoms with Gasteiger partial charge in [-0.3, -0.25) is 5.10 Å². The Morgan fingerprint density at radius 1 is 1.12 bits per heavy atom. The largest absolute Gasteiger partial charge is 0.318 e. The van der Waals surface area contributed by atoms with Gasteiger partial charge in [-0.15, -0.1) is 0 Å². The van der Waals surface area contributed by atoms with Gasteiger partial charge in [0, 0.05) is 22.6 Å². The maximum absolute atomic E-state index is 5.20. The molecule has 2 heterocycles. The average Bonchev–Trinajstić information content (AvgIpc) is 3.04. The number of hydrogen-bond donors (Lipinski definition) is 1. The van der Waals surface area contributed by atoms with E-state index in [1.54, 1.807) is 4.68 Å². The molecular weight excluding hydrogens is 342 g/mol. The molecule has 0 aliphatic carbocycles. The zero-order valence-electron chi connectivity index (χ0n) is 16.2. The number of nitrogens with zero attached hydrogens (tertiary/aromatic N) is 4. The number of aromatic amines is 1. The molecule has 0 atom stereocenters. The molecule has 0 fully saturated rings. The van der Waals surface area contributed by atoms with Crippen LogP contribution in [0.25, 0.3) is 5.69 Å². The molecule has 1 N–H and O–H groups in total. The fourth-order valence-corrected chi connectivity index (χ4v) is 3.28. The summed E-state index contributed by atoms with van der Waals surface area (Å²) < 4.78 is 4.36. The van der Waals surface area contributed by atoms with E-state index in [1.165, 1.54) is 11.3 Å². The Hall–Kier alpha value is -2.47. The van der Waals surface area contributed by atoms with Crippen molar-refractivity contribution in [2.75, 3.05) is 0 Å². The summed E-state index contributed by atoms with van der Waals surface area (Å²) in [4.78, 5) is 0. The Bertz CT molecular complexity index is 1010. The summed E-state index contributed by atoms with van der Waals surface area (Å²) >= 11 is 5.20. The molecule has 0 aliphatic heterocycles. The van der Waals surface area contributed by atoms with Crippen LogP contribution < -0.4 is 0 Å². The molecule has 5 nitrogen and oxygen atoms in total. The van der Waals surface area contributed by atoms with Crippen molar-refractivity contribution in [2.24, 2.45) is 5.10 Å². The highest BCUT2D eigenvalue weighted by molar-refractivity contribution is 7.71. The van der Waals surface area contributed by atoms with E-state index in [-0.39, 0.29) is 5.41 Å². The lowest BCUT2D eigenvalue weighted by Crippen LogP contribution is -2.11. The first-order valence-corrected chi connectivity index (χ1v) is 9.07. The number of nitrogens with one attached hydrogen (secondary N) is 1. The second-order valence-electron chi connectivity index (χ2n) is 7.59. The van der Waals surface area contributed by atoms with Crippen LogP contribution in [0, 0.1) is 25.5 Å². The molecule has 0 spiro atoms. The summed E-state index contributed by atoms with van der Waals surface area (Å²) in [5.74, 6) is 0.734. The van der Waals surface area contributed by atoms with Gasteiger partial charge in [-0.2, -0.15) is 14.9 Å². The fraction of sp³-hybridized carbons (Fsp3) is 0.350. The van der Waals surface area contributed by atoms with Gasteiger partial charge in [0.25, 0.3) is 0 Å². The number of H-pyrrole nitrogens is 1. The van der Waals surface area contributed by atoms with E-state index in [2.05, 4.69) is 84.8 Å². The van der Waals surface area contributed by atoms with Crippen LogP contribution in [0.3, 0.4) is 0 Å². The SMILES string of the molecule is Cc1cc(/C=N\n2c(C)n[nH]c2=S)c(C)n1-c1ccc(C(C)(C)C)cc1. The molecule has 0 saturated carbocycles. The zero-order valence-corrected chi connectivity index (χ0v) is 17.0. The molecule has 0 amide bonds. The van der Waals surface area contributed by atoms with Crippen LogP contribution in [0.1, 0.15) is 49.1 Å². The summed E-state index contributed by atoms with van der Waals surface area (Å²) in [7, 11) is 0. The minimum atomic E-state index is 0.152. The molecule has 2 aromatic heterocycles. The van der Waals surface area contributed by atoms with Gasteiger partial charge in [-0.05, 0) is 62.2 Å². The Morgan fingerprint density at radius 2 is 1.77 bits per heavy atom. The summed E-state index contributed by atoms with van der Waals surface area (Å²) in [6.07, 6.45) is 1.83. The predicted molar refractivity (Wildman–Crippen MR) is 109 cm³/mol. The minimum Gasteiger partial charge on any atom is -0.318 e. The van der Waals surface area contributed by atoms with E-state index in [4.69, 9.17) is 12.2 Å². The molecule has 136 valence electrons. The highest BCUT2D eigenvalue weighted by Gasteiger charge is 2.14. The Morgan fingerprint density at radius 3 is 2.31 bits per heavy atom. The van der Waals surface area contributed by atoms with Gasteiger partial charge < -0.3 is 4.57 Å². The van der Waals surface area contributed by atoms with Crippen LogP contribution >= 0.6 is 12.2 Å². The number of hydrogen-bond acceptors (Lipinski definition) is 3. The van der Waals surface area contributed by atoms with Crippen LogP contribution in [-0.2, 0) is 5.41 Å². The molecule has 6 heteroatoms. The topological polar surface area (TPSA) is 50.9 Å². The Labute approximate surface area is 159 Å². The lowest BCUT2D eigenvalue weighted by Gasteiger charge is -2.20. The molecule has 3 aromatic rings. The second kappa shape index (κ2) is 6.68. The Balaban J connectivity index is 1.97. The van der Waals surface area contributed by atoms with E-state index >= 15 is 0 Å². The van der Waals surface area contributed by atoms with Gasteiger partial charge >= 0.3 is 0 Å². The van der Waals surface area contributed by atoms with Crippen molar-refractivity contribution in [3.05, 3.63) is 63.4 Å². The van der Waals surface area contributed by atoms with Crippen molar-refractivity contribution in [3.8, 4) is 5.69 Å². The third-order valence-electron chi connectivity index (χ3n) is 4.59. The molecule has 0 saturated heterocycles. The van der Waals surface area contributed by atoms with Gasteiger partial charge in [0.2, 0.25) is 4.77 Å². The first-order valence-electron chi connectivity index (χ1n) is 8.66. The number of aromatic nitrogens is 4. The minimum absolute atomic E-state index is 0.152. The molecule has 0 bridgehead atoms. The van der Waals surface area contributed by atoms with Gasteiger partial charge in [0.1, 0.15) is 5.82 Å². The van der Waals surface area contributed by atoms with Crippen molar-refractivity contribution in [3.63, 3.8) is 0 Å². The summed E-state index contributed by atoms with van der Waals surface area (Å²) in [5.41, 5.74) is 6.00. The van der Waals surface area contributed by atoms with Gasteiger partial charge in [0.05, 0.1) is 6.21 Å². The number of rotatable bonds is 3. The molecule has 3 rings (SSSR count). The third kappa shape index (κ3) is 3.42. The second-order valence-corrected chi connectivity index (χ2v) is 7.98. The lowest BCUT2D eigenvalue weighted by atomic mass is 9.87. The first kappa shape index (κ1) is 18.3. The van der Waals surface area contributed by atoms with Crippen molar-refractivity contribution in [1.29, 1.82) is 0 Å². The van der Waals surface area contributed by atoms with Crippen molar-refractivity contribution in [2.45, 2.75) is 47.0 Å². The van der Waals surface area contributed by atoms with Gasteiger partial charge in [-0.25, -0.2) is 0 Å². The molecular formula is C20H25N5S. The van der Waals surface area contributed by atoms with Gasteiger partial charge in [-0.1, -0.05) is 32.9 Å². The maximum Gasteiger partial charge on any atom is 0.216 e. The normalized spacial score (nSPS) is 12.2. The van der Waals surface area contributed by atoms with E-state index in [1.807, 2.05) is 13.1 Å². The van der Waals surface area contributed by atoms with E-state index in [0.717, 1.165) is 22.8 Å². The smallest absolute Gasteiger partial charge is 0.216 e. The van der Waals surface area contributed by atoms with Crippen molar-refractivity contribution >= 4 is 18.4 Å². The fourth-order valence-electron chi connectivity index (χ4n) is 3.05. The van der Waals surface area contributed by atoms with Crippen LogP contribution in [0.4, 0.5) is 0 Å². The maximum atomic E-state index is 5.20. The molecule has 0 unspecified atom stereocenters. The van der Waals surface area contributed by atoms with Crippen LogP contribution in [0.15, 0.2) is 35.4 Å². The summed E-state index contributed by atoms with van der Waals surface area (Å²) in [6, 6.07) is 10.9. The van der Waals surface area contributed by atoms with Crippen LogP contribution in [0.2, 0.25) is 0 Å². The highest BCUT2D eigenvalue weighted by atomic mass is 32.1. The number of aryl methyl sites for hydroxylation is 2. The monoisotopic (exact) mass is 367 g/mol. The van der Waals surface area contributed by atoms with Crippen LogP contribution in [-0.4, -0.2) is 25.7 Å². The summed E-state index contributed by atoms with van der Waals surface area (Å²) in [5, 5.41) is 11.3. The summed E-state index contributed by atoms with van der Waals surface area (Å²) in [6.45, 7) is 12.8. The lowest BCUT2D eigenvalue weighted by molar-refractivity contribution is 0.590. The molecule has 26 heavy (non-hydrogen) atoms. The average molecular weight is 368 g/mol. The number of benzene rings is 1. The van der Waals surface area contributed by atoms with Crippen molar-refractivity contribution < 1.29 is 0 Å². The van der Waals surface area contributed by atoms with E-state index in [9.17, 15) is 0 Å². The molecule has 0 aliphatic rings. The first-order chi connectivity index (χ1) is 12.2. The Kier molecular flexibility index (Phi) is 4.71. The predicted octanol–water partition coefficient (Wildman–Crippen LogP) is 4.84. The zero-order chi connectivity index (χ0) is 19.1. The molecule has 1 aromatic carbocycles. The van der Waals surface area contributed by atoms with Crippen LogP contribution in [0.5, 0.6) is 0 Å². The molecule has 0 radical (unpaired) electrons. The highest BCUT2D eigenvalue weighted by Crippen LogP contribution is 2.25. The van der Waals surface area contributed by atoms with Gasteiger partial charge in [0.15, 0.2) is 0 Å². The third-order valence-corrected chi connectivity index (χ3v) is 4.85. The van der Waals surface area contributed by atoms with E-state index in [0.29, 0.717) is 4.77 Å². The van der Waals surface area contributed by atoms with E-state index < -0.39 is 0 Å². The van der Waals surface area contributed by atoms with Crippen molar-refractivity contribution in [1.82, 2.24) is 19.4 Å². The quantitative estimate of drug-likeness (QED) is 0.532. The standard InChI is InChI=1S/C20H25N5S/c1-13-11-16(12-21-25-15(3)22-23-19(25)26)14(2)24(13)18-9-7-17(8-10-18)20(4,5)6/h7-12H,1-6H3,(H,23,26)/b21-12-.